The normalized spacial score (nSPS) is 14.6. The van der Waals surface area contributed by atoms with E-state index in [1.165, 1.54) is 19.3 Å². The zero-order valence-electron chi connectivity index (χ0n) is 15.2. The molecule has 0 aliphatic carbocycles. The monoisotopic (exact) mass is 365 g/mol. The van der Waals surface area contributed by atoms with Crippen LogP contribution in [0.3, 0.4) is 0 Å². The Bertz CT molecular complexity index is 937. The van der Waals surface area contributed by atoms with Crippen LogP contribution in [0.15, 0.2) is 36.4 Å². The molecule has 0 atom stereocenters. The molecular formula is C21H23N3OS. The highest BCUT2D eigenvalue weighted by molar-refractivity contribution is 7.22. The number of rotatable bonds is 3. The van der Waals surface area contributed by atoms with E-state index in [1.807, 2.05) is 50.2 Å². The second-order valence-electron chi connectivity index (χ2n) is 6.95. The second kappa shape index (κ2) is 7.08. The number of hydrogen-bond donors (Lipinski definition) is 1. The van der Waals surface area contributed by atoms with Gasteiger partial charge in [-0.3, -0.25) is 4.79 Å². The van der Waals surface area contributed by atoms with Crippen molar-refractivity contribution in [3.05, 3.63) is 53.1 Å². The predicted octanol–water partition coefficient (Wildman–Crippen LogP) is 5.16. The van der Waals surface area contributed by atoms with Gasteiger partial charge in [-0.15, -0.1) is 0 Å². The topological polar surface area (TPSA) is 45.2 Å². The molecule has 4 nitrogen and oxygen atoms in total. The maximum atomic E-state index is 12.7. The van der Waals surface area contributed by atoms with Crippen LogP contribution in [-0.2, 0) is 0 Å². The Morgan fingerprint density at radius 1 is 1.08 bits per heavy atom. The molecule has 1 aliphatic heterocycles. The molecule has 2 aromatic carbocycles. The number of amides is 1. The van der Waals surface area contributed by atoms with Gasteiger partial charge in [0.1, 0.15) is 0 Å². The van der Waals surface area contributed by atoms with Crippen LogP contribution in [0.25, 0.3) is 10.2 Å². The van der Waals surface area contributed by atoms with E-state index in [1.54, 1.807) is 11.3 Å². The van der Waals surface area contributed by atoms with E-state index in [4.69, 9.17) is 4.98 Å². The van der Waals surface area contributed by atoms with Crippen molar-refractivity contribution in [3.63, 3.8) is 0 Å². The molecule has 0 spiro atoms. The second-order valence-corrected chi connectivity index (χ2v) is 7.96. The largest absolute Gasteiger partial charge is 0.348 e. The molecule has 1 saturated heterocycles. The van der Waals surface area contributed by atoms with Crippen LogP contribution in [0, 0.1) is 13.8 Å². The number of fused-ring (bicyclic) bond motifs is 1. The third kappa shape index (κ3) is 3.31. The van der Waals surface area contributed by atoms with E-state index in [2.05, 4.69) is 10.2 Å². The minimum Gasteiger partial charge on any atom is -0.348 e. The van der Waals surface area contributed by atoms with Gasteiger partial charge in [0.05, 0.1) is 10.2 Å². The highest BCUT2D eigenvalue weighted by Crippen LogP contribution is 2.31. The fraction of sp³-hybridized carbons (Fsp3) is 0.333. The summed E-state index contributed by atoms with van der Waals surface area (Å²) < 4.78 is 1.07. The minimum atomic E-state index is -0.0720. The number of nitrogens with zero attached hydrogens (tertiary/aromatic N) is 2. The summed E-state index contributed by atoms with van der Waals surface area (Å²) in [6.45, 7) is 6.19. The quantitative estimate of drug-likeness (QED) is 0.698. The summed E-state index contributed by atoms with van der Waals surface area (Å²) in [4.78, 5) is 19.9. The van der Waals surface area contributed by atoms with Crippen LogP contribution in [-0.4, -0.2) is 24.0 Å². The zero-order chi connectivity index (χ0) is 18.1. The van der Waals surface area contributed by atoms with Gasteiger partial charge in [0.2, 0.25) is 0 Å². The van der Waals surface area contributed by atoms with E-state index in [0.29, 0.717) is 5.56 Å². The summed E-state index contributed by atoms with van der Waals surface area (Å²) in [6, 6.07) is 11.8. The first-order valence-electron chi connectivity index (χ1n) is 9.15. The number of aromatic nitrogens is 1. The number of carbonyl (C=O) groups excluding carboxylic acids is 1. The fourth-order valence-electron chi connectivity index (χ4n) is 3.47. The number of hydrogen-bond acceptors (Lipinski definition) is 4. The van der Waals surface area contributed by atoms with E-state index in [9.17, 15) is 4.79 Å². The maximum Gasteiger partial charge on any atom is 0.255 e. The average molecular weight is 366 g/mol. The number of piperidine rings is 1. The lowest BCUT2D eigenvalue weighted by atomic mass is 10.1. The number of anilines is 2. The predicted molar refractivity (Wildman–Crippen MR) is 110 cm³/mol. The highest BCUT2D eigenvalue weighted by atomic mass is 32.1. The number of para-hydroxylation sites is 1. The number of benzene rings is 2. The molecule has 1 amide bonds. The van der Waals surface area contributed by atoms with Crippen molar-refractivity contribution in [2.24, 2.45) is 0 Å². The molecule has 0 bridgehead atoms. The molecule has 1 aromatic heterocycles. The van der Waals surface area contributed by atoms with Crippen molar-refractivity contribution >= 4 is 38.3 Å². The van der Waals surface area contributed by atoms with Crippen LogP contribution in [0.4, 0.5) is 10.8 Å². The van der Waals surface area contributed by atoms with Crippen LogP contribution < -0.4 is 10.2 Å². The summed E-state index contributed by atoms with van der Waals surface area (Å²) >= 11 is 1.68. The van der Waals surface area contributed by atoms with E-state index < -0.39 is 0 Å². The fourth-order valence-corrected chi connectivity index (χ4v) is 4.53. The number of carbonyl (C=O) groups is 1. The summed E-state index contributed by atoms with van der Waals surface area (Å²) in [5.41, 5.74) is 4.69. The van der Waals surface area contributed by atoms with E-state index >= 15 is 0 Å². The highest BCUT2D eigenvalue weighted by Gasteiger charge is 2.16. The van der Waals surface area contributed by atoms with Gasteiger partial charge >= 0.3 is 0 Å². The van der Waals surface area contributed by atoms with Gasteiger partial charge in [-0.25, -0.2) is 4.98 Å². The molecule has 134 valence electrons. The van der Waals surface area contributed by atoms with Gasteiger partial charge in [0, 0.05) is 24.3 Å². The minimum absolute atomic E-state index is 0.0720. The Labute approximate surface area is 157 Å². The van der Waals surface area contributed by atoms with Crippen molar-refractivity contribution < 1.29 is 4.79 Å². The first kappa shape index (κ1) is 17.0. The molecule has 0 radical (unpaired) electrons. The molecule has 1 fully saturated rings. The lowest BCUT2D eigenvalue weighted by Crippen LogP contribution is -2.29. The van der Waals surface area contributed by atoms with Gasteiger partial charge in [-0.1, -0.05) is 29.5 Å². The standard InChI is InChI=1S/C21H23N3OS/c1-14-7-6-8-15(2)19(14)23-20(25)16-9-10-17-18(13-16)26-21(22-17)24-11-4-3-5-12-24/h6-10,13H,3-5,11-12H2,1-2H3,(H,23,25). The Hall–Kier alpha value is -2.40. The van der Waals surface area contributed by atoms with Crippen LogP contribution in [0.2, 0.25) is 0 Å². The first-order chi connectivity index (χ1) is 12.6. The third-order valence-electron chi connectivity index (χ3n) is 4.99. The van der Waals surface area contributed by atoms with Gasteiger partial charge in [-0.2, -0.15) is 0 Å². The summed E-state index contributed by atoms with van der Waals surface area (Å²) in [5.74, 6) is -0.0720. The zero-order valence-corrected chi connectivity index (χ0v) is 16.0. The lowest BCUT2D eigenvalue weighted by Gasteiger charge is -2.25. The Balaban J connectivity index is 1.59. The van der Waals surface area contributed by atoms with Crippen LogP contribution >= 0.6 is 11.3 Å². The molecular weight excluding hydrogens is 342 g/mol. The Morgan fingerprint density at radius 2 is 1.81 bits per heavy atom. The van der Waals surface area contributed by atoms with E-state index in [-0.39, 0.29) is 5.91 Å². The molecule has 0 saturated carbocycles. The van der Waals surface area contributed by atoms with Crippen LogP contribution in [0.5, 0.6) is 0 Å². The molecule has 4 rings (SSSR count). The SMILES string of the molecule is Cc1cccc(C)c1NC(=O)c1ccc2nc(N3CCCCC3)sc2c1. The Morgan fingerprint density at radius 3 is 2.54 bits per heavy atom. The third-order valence-corrected chi connectivity index (χ3v) is 6.06. The molecule has 26 heavy (non-hydrogen) atoms. The van der Waals surface area contributed by atoms with Gasteiger partial charge in [0.15, 0.2) is 5.13 Å². The summed E-state index contributed by atoms with van der Waals surface area (Å²) in [7, 11) is 0. The lowest BCUT2D eigenvalue weighted by molar-refractivity contribution is 0.102. The Kier molecular flexibility index (Phi) is 4.64. The smallest absolute Gasteiger partial charge is 0.255 e. The number of nitrogens with one attached hydrogen (secondary N) is 1. The van der Waals surface area contributed by atoms with Crippen LogP contribution in [0.1, 0.15) is 40.7 Å². The molecule has 1 N–H and O–H groups in total. The molecule has 2 heterocycles. The van der Waals surface area contributed by atoms with E-state index in [0.717, 1.165) is 45.3 Å². The van der Waals surface area contributed by atoms with Crippen molar-refractivity contribution in [1.82, 2.24) is 4.98 Å². The van der Waals surface area contributed by atoms with Gasteiger partial charge in [0.25, 0.3) is 5.91 Å². The molecule has 5 heteroatoms. The van der Waals surface area contributed by atoms with Gasteiger partial charge in [-0.05, 0) is 62.4 Å². The molecule has 3 aromatic rings. The first-order valence-corrected chi connectivity index (χ1v) is 9.96. The van der Waals surface area contributed by atoms with Crippen molar-refractivity contribution in [1.29, 1.82) is 0 Å². The molecule has 1 aliphatic rings. The average Bonchev–Trinajstić information content (AvgIpc) is 3.09. The van der Waals surface area contributed by atoms with Gasteiger partial charge < -0.3 is 10.2 Å². The maximum absolute atomic E-state index is 12.7. The van der Waals surface area contributed by atoms with Crippen molar-refractivity contribution in [3.8, 4) is 0 Å². The summed E-state index contributed by atoms with van der Waals surface area (Å²) in [6.07, 6.45) is 3.78. The summed E-state index contributed by atoms with van der Waals surface area (Å²) in [5, 5.41) is 4.14. The van der Waals surface area contributed by atoms with Crippen molar-refractivity contribution in [2.75, 3.05) is 23.3 Å². The number of aryl methyl sites for hydroxylation is 2. The van der Waals surface area contributed by atoms with Crippen molar-refractivity contribution in [2.45, 2.75) is 33.1 Å². The molecule has 0 unspecified atom stereocenters. The number of thiazole rings is 1.